The van der Waals surface area contributed by atoms with Crippen LogP contribution in [-0.2, 0) is 0 Å². The Kier molecular flexibility index (Phi) is 9.41. The SMILES string of the molecule is c1ccc(-c2ccc(-c3ccc(N(c4ccccc4)c4ccc(-c5ccc(-c6ccc(-c7ccccc7)c(-c7ccccc7)c6)cc5)cc4)cc3)cc2)cc1. The summed E-state index contributed by atoms with van der Waals surface area (Å²) in [6.07, 6.45) is 0. The Labute approximate surface area is 324 Å². The number of hydrogen-bond acceptors (Lipinski definition) is 1. The van der Waals surface area contributed by atoms with E-state index in [1.807, 2.05) is 0 Å². The van der Waals surface area contributed by atoms with Crippen molar-refractivity contribution in [3.05, 3.63) is 237 Å². The average molecular weight is 702 g/mol. The molecule has 9 aromatic carbocycles. The van der Waals surface area contributed by atoms with E-state index < -0.39 is 0 Å². The van der Waals surface area contributed by atoms with Crippen LogP contribution < -0.4 is 4.90 Å². The predicted octanol–water partition coefficient (Wildman–Crippen LogP) is 15.2. The van der Waals surface area contributed by atoms with Crippen molar-refractivity contribution >= 4 is 17.1 Å². The minimum absolute atomic E-state index is 1.11. The van der Waals surface area contributed by atoms with Gasteiger partial charge in [0, 0.05) is 17.1 Å². The molecule has 0 fully saturated rings. The minimum Gasteiger partial charge on any atom is -0.311 e. The number of para-hydroxylation sites is 1. The molecule has 9 aromatic rings. The first-order valence-corrected chi connectivity index (χ1v) is 18.8. The fourth-order valence-electron chi connectivity index (χ4n) is 7.42. The van der Waals surface area contributed by atoms with Crippen molar-refractivity contribution in [2.75, 3.05) is 4.90 Å². The van der Waals surface area contributed by atoms with Gasteiger partial charge >= 0.3 is 0 Å². The molecule has 0 radical (unpaired) electrons. The lowest BCUT2D eigenvalue weighted by Crippen LogP contribution is -2.09. The minimum atomic E-state index is 1.11. The molecule has 0 heterocycles. The monoisotopic (exact) mass is 701 g/mol. The van der Waals surface area contributed by atoms with Crippen LogP contribution in [0.2, 0.25) is 0 Å². The molecule has 0 spiro atoms. The third-order valence-electron chi connectivity index (χ3n) is 10.3. The van der Waals surface area contributed by atoms with E-state index in [1.165, 1.54) is 66.8 Å². The Bertz CT molecular complexity index is 2610. The maximum Gasteiger partial charge on any atom is 0.0462 e. The fraction of sp³-hybridized carbons (Fsp3) is 0. The van der Waals surface area contributed by atoms with Crippen LogP contribution in [0.3, 0.4) is 0 Å². The summed E-state index contributed by atoms with van der Waals surface area (Å²) in [7, 11) is 0. The summed E-state index contributed by atoms with van der Waals surface area (Å²) in [5.74, 6) is 0. The molecule has 0 amide bonds. The molecular formula is C54H39N. The van der Waals surface area contributed by atoms with Gasteiger partial charge in [0.1, 0.15) is 0 Å². The maximum absolute atomic E-state index is 2.33. The van der Waals surface area contributed by atoms with Crippen molar-refractivity contribution in [1.82, 2.24) is 0 Å². The highest BCUT2D eigenvalue weighted by molar-refractivity contribution is 5.88. The Morgan fingerprint density at radius 3 is 0.873 bits per heavy atom. The van der Waals surface area contributed by atoms with Crippen molar-refractivity contribution in [1.29, 1.82) is 0 Å². The molecule has 0 aliphatic carbocycles. The molecule has 0 saturated heterocycles. The van der Waals surface area contributed by atoms with Crippen LogP contribution >= 0.6 is 0 Å². The van der Waals surface area contributed by atoms with Crippen molar-refractivity contribution in [2.24, 2.45) is 0 Å². The zero-order chi connectivity index (χ0) is 36.8. The van der Waals surface area contributed by atoms with Gasteiger partial charge in [0.15, 0.2) is 0 Å². The number of nitrogens with zero attached hydrogens (tertiary/aromatic N) is 1. The van der Waals surface area contributed by atoms with Gasteiger partial charge in [0.25, 0.3) is 0 Å². The average Bonchev–Trinajstić information content (AvgIpc) is 3.28. The number of anilines is 3. The predicted molar refractivity (Wildman–Crippen MR) is 234 cm³/mol. The number of benzene rings is 9. The summed E-state index contributed by atoms with van der Waals surface area (Å²) in [5, 5.41) is 0. The van der Waals surface area contributed by atoms with Crippen LogP contribution in [0.1, 0.15) is 0 Å². The molecule has 1 heteroatoms. The highest BCUT2D eigenvalue weighted by atomic mass is 15.1. The molecule has 0 aliphatic heterocycles. The summed E-state index contributed by atoms with van der Waals surface area (Å²) in [6.45, 7) is 0. The first kappa shape index (κ1) is 33.6. The molecule has 260 valence electrons. The van der Waals surface area contributed by atoms with E-state index in [0.29, 0.717) is 0 Å². The van der Waals surface area contributed by atoms with E-state index in [2.05, 4.69) is 241 Å². The lowest BCUT2D eigenvalue weighted by atomic mass is 9.91. The van der Waals surface area contributed by atoms with Crippen LogP contribution in [0.4, 0.5) is 17.1 Å². The van der Waals surface area contributed by atoms with Gasteiger partial charge in [0.2, 0.25) is 0 Å². The summed E-state index contributed by atoms with van der Waals surface area (Å²) in [4.78, 5) is 2.32. The summed E-state index contributed by atoms with van der Waals surface area (Å²) >= 11 is 0. The van der Waals surface area contributed by atoms with Gasteiger partial charge in [-0.1, -0.05) is 194 Å². The quantitative estimate of drug-likeness (QED) is 0.145. The van der Waals surface area contributed by atoms with E-state index in [-0.39, 0.29) is 0 Å². The second kappa shape index (κ2) is 15.4. The Morgan fingerprint density at radius 2 is 0.455 bits per heavy atom. The molecule has 55 heavy (non-hydrogen) atoms. The van der Waals surface area contributed by atoms with Crippen LogP contribution in [0.25, 0.3) is 66.8 Å². The topological polar surface area (TPSA) is 3.24 Å². The van der Waals surface area contributed by atoms with Crippen LogP contribution in [0.15, 0.2) is 237 Å². The van der Waals surface area contributed by atoms with E-state index in [0.717, 1.165) is 17.1 Å². The van der Waals surface area contributed by atoms with Gasteiger partial charge in [0.05, 0.1) is 0 Å². The largest absolute Gasteiger partial charge is 0.311 e. The van der Waals surface area contributed by atoms with Gasteiger partial charge in [-0.25, -0.2) is 0 Å². The Hall–Kier alpha value is -7.22. The van der Waals surface area contributed by atoms with Crippen LogP contribution in [0, 0.1) is 0 Å². The smallest absolute Gasteiger partial charge is 0.0462 e. The van der Waals surface area contributed by atoms with Gasteiger partial charge in [-0.05, 0) is 109 Å². The highest BCUT2D eigenvalue weighted by Gasteiger charge is 2.14. The molecule has 0 aromatic heterocycles. The van der Waals surface area contributed by atoms with Crippen molar-refractivity contribution < 1.29 is 0 Å². The van der Waals surface area contributed by atoms with Gasteiger partial charge in [-0.2, -0.15) is 0 Å². The molecule has 0 unspecified atom stereocenters. The van der Waals surface area contributed by atoms with E-state index in [1.54, 1.807) is 0 Å². The van der Waals surface area contributed by atoms with Crippen molar-refractivity contribution in [3.8, 4) is 66.8 Å². The van der Waals surface area contributed by atoms with E-state index >= 15 is 0 Å². The molecule has 0 bridgehead atoms. The fourth-order valence-corrected chi connectivity index (χ4v) is 7.42. The van der Waals surface area contributed by atoms with Crippen molar-refractivity contribution in [2.45, 2.75) is 0 Å². The summed E-state index contributed by atoms with van der Waals surface area (Å²) in [5.41, 5.74) is 17.9. The third-order valence-corrected chi connectivity index (χ3v) is 10.3. The molecule has 9 rings (SSSR count). The first-order valence-electron chi connectivity index (χ1n) is 18.8. The standard InChI is InChI=1S/C54H39N/c1-5-13-40(14-6-1)41-21-23-42(24-22-41)44-29-34-51(35-30-44)55(50-19-11-4-12-20-50)52-36-31-45(32-37-52)43-25-27-46(28-26-43)49-33-38-53(47-15-7-2-8-16-47)54(39-49)48-17-9-3-10-18-48/h1-39H. The maximum atomic E-state index is 2.33. The molecule has 0 saturated carbocycles. The van der Waals surface area contributed by atoms with Crippen molar-refractivity contribution in [3.63, 3.8) is 0 Å². The molecule has 0 N–H and O–H groups in total. The number of hydrogen-bond donors (Lipinski definition) is 0. The molecule has 0 aliphatic rings. The highest BCUT2D eigenvalue weighted by Crippen LogP contribution is 2.39. The molecule has 1 nitrogen and oxygen atoms in total. The zero-order valence-electron chi connectivity index (χ0n) is 30.5. The second-order valence-corrected chi connectivity index (χ2v) is 13.8. The molecular weight excluding hydrogens is 663 g/mol. The Morgan fingerprint density at radius 1 is 0.182 bits per heavy atom. The summed E-state index contributed by atoms with van der Waals surface area (Å²) in [6, 6.07) is 84.8. The third kappa shape index (κ3) is 7.25. The lowest BCUT2D eigenvalue weighted by molar-refractivity contribution is 1.28. The van der Waals surface area contributed by atoms with Gasteiger partial charge in [-0.3, -0.25) is 0 Å². The normalized spacial score (nSPS) is 10.9. The molecule has 0 atom stereocenters. The summed E-state index contributed by atoms with van der Waals surface area (Å²) < 4.78 is 0. The van der Waals surface area contributed by atoms with Gasteiger partial charge in [-0.15, -0.1) is 0 Å². The van der Waals surface area contributed by atoms with Crippen LogP contribution in [0.5, 0.6) is 0 Å². The number of rotatable bonds is 9. The van der Waals surface area contributed by atoms with E-state index in [4.69, 9.17) is 0 Å². The zero-order valence-corrected chi connectivity index (χ0v) is 30.5. The second-order valence-electron chi connectivity index (χ2n) is 13.8. The van der Waals surface area contributed by atoms with E-state index in [9.17, 15) is 0 Å². The van der Waals surface area contributed by atoms with Crippen LogP contribution in [-0.4, -0.2) is 0 Å². The Balaban J connectivity index is 0.972. The lowest BCUT2D eigenvalue weighted by Gasteiger charge is -2.26. The first-order chi connectivity index (χ1) is 27.3. The van der Waals surface area contributed by atoms with Gasteiger partial charge < -0.3 is 4.90 Å².